The number of ether oxygens (including phenoxy) is 2. The number of hydrogen-bond donors (Lipinski definition) is 1. The molecule has 0 unspecified atom stereocenters. The number of aromatic nitrogens is 2. The van der Waals surface area contributed by atoms with E-state index >= 15 is 0 Å². The largest absolute Gasteiger partial charge is 0.508 e. The van der Waals surface area contributed by atoms with E-state index in [-0.39, 0.29) is 18.3 Å². The Hall–Kier alpha value is -2.70. The van der Waals surface area contributed by atoms with Crippen LogP contribution < -0.4 is 9.47 Å². The number of carbonyl (C=O) groups excluding carboxylic acids is 1. The van der Waals surface area contributed by atoms with Gasteiger partial charge in [0.15, 0.2) is 0 Å². The van der Waals surface area contributed by atoms with Gasteiger partial charge in [-0.3, -0.25) is 4.57 Å². The smallest absolute Gasteiger partial charge is 0.329 e. The van der Waals surface area contributed by atoms with Gasteiger partial charge < -0.3 is 19.5 Å². The lowest BCUT2D eigenvalue weighted by molar-refractivity contribution is 0.207. The second-order valence-corrected chi connectivity index (χ2v) is 4.44. The lowest BCUT2D eigenvalue weighted by Gasteiger charge is -2.20. The third-order valence-corrected chi connectivity index (χ3v) is 3.04. The summed E-state index contributed by atoms with van der Waals surface area (Å²) in [5, 5.41) is 9.62. The summed E-state index contributed by atoms with van der Waals surface area (Å²) in [6, 6.07) is 2.73. The maximum atomic E-state index is 12.2. The molecule has 0 aliphatic heterocycles. The summed E-state index contributed by atoms with van der Waals surface area (Å²) < 4.78 is 11.9. The minimum absolute atomic E-state index is 0.0380. The van der Waals surface area contributed by atoms with Crippen LogP contribution in [0.5, 0.6) is 17.2 Å². The van der Waals surface area contributed by atoms with Crippen LogP contribution in [0.15, 0.2) is 30.9 Å². The molecule has 1 amide bonds. The third kappa shape index (κ3) is 3.07. The van der Waals surface area contributed by atoms with Gasteiger partial charge in [-0.15, -0.1) is 0 Å². The van der Waals surface area contributed by atoms with Crippen molar-refractivity contribution in [2.45, 2.75) is 6.54 Å². The standard InChI is InChI=1S/C14H17N3O4/c1-16(14(19)17-5-4-15-9-17)8-11-12(20-2)6-10(18)7-13(11)21-3/h4-7,9,18H,8H2,1-3H3. The number of rotatable bonds is 4. The first-order valence-corrected chi connectivity index (χ1v) is 6.24. The van der Waals surface area contributed by atoms with Gasteiger partial charge in [-0.1, -0.05) is 0 Å². The molecule has 0 spiro atoms. The molecule has 21 heavy (non-hydrogen) atoms. The molecule has 0 saturated heterocycles. The van der Waals surface area contributed by atoms with E-state index in [1.54, 1.807) is 13.2 Å². The van der Waals surface area contributed by atoms with Gasteiger partial charge in [0.05, 0.1) is 26.3 Å². The number of carbonyl (C=O) groups is 1. The minimum Gasteiger partial charge on any atom is -0.508 e. The topological polar surface area (TPSA) is 76.8 Å². The molecule has 1 heterocycles. The Bertz CT molecular complexity index is 600. The first-order valence-electron chi connectivity index (χ1n) is 6.24. The van der Waals surface area contributed by atoms with E-state index in [2.05, 4.69) is 4.98 Å². The molecule has 0 radical (unpaired) electrons. The van der Waals surface area contributed by atoms with Crippen LogP contribution in [-0.4, -0.2) is 46.9 Å². The predicted molar refractivity (Wildman–Crippen MR) is 75.7 cm³/mol. The second kappa shape index (κ2) is 6.17. The maximum Gasteiger partial charge on any atom is 0.329 e. The molecular weight excluding hydrogens is 274 g/mol. The molecular formula is C14H17N3O4. The summed E-state index contributed by atoms with van der Waals surface area (Å²) in [6.45, 7) is 0.267. The Kier molecular flexibility index (Phi) is 4.32. The van der Waals surface area contributed by atoms with Crippen LogP contribution in [0.2, 0.25) is 0 Å². The van der Waals surface area contributed by atoms with Gasteiger partial charge in [0.2, 0.25) is 0 Å². The maximum absolute atomic E-state index is 12.2. The molecule has 7 heteroatoms. The molecule has 0 aliphatic carbocycles. The van der Waals surface area contributed by atoms with Crippen molar-refractivity contribution in [2.24, 2.45) is 0 Å². The van der Waals surface area contributed by atoms with E-state index in [0.29, 0.717) is 17.1 Å². The summed E-state index contributed by atoms with van der Waals surface area (Å²) >= 11 is 0. The number of hydrogen-bond acceptors (Lipinski definition) is 5. The number of aromatic hydroxyl groups is 1. The Morgan fingerprint density at radius 2 is 1.95 bits per heavy atom. The molecule has 1 aromatic carbocycles. The van der Waals surface area contributed by atoms with E-state index in [4.69, 9.17) is 9.47 Å². The number of benzene rings is 1. The van der Waals surface area contributed by atoms with Crippen molar-refractivity contribution in [3.8, 4) is 17.2 Å². The van der Waals surface area contributed by atoms with Crippen molar-refractivity contribution in [3.05, 3.63) is 36.4 Å². The van der Waals surface area contributed by atoms with Crippen LogP contribution in [0, 0.1) is 0 Å². The molecule has 0 saturated carbocycles. The van der Waals surface area contributed by atoms with Crippen molar-refractivity contribution < 1.29 is 19.4 Å². The Labute approximate surface area is 122 Å². The highest BCUT2D eigenvalue weighted by Crippen LogP contribution is 2.34. The molecule has 0 bridgehead atoms. The van der Waals surface area contributed by atoms with Crippen molar-refractivity contribution in [3.63, 3.8) is 0 Å². The fraction of sp³-hybridized carbons (Fsp3) is 0.286. The molecule has 1 aromatic heterocycles. The fourth-order valence-electron chi connectivity index (χ4n) is 2.00. The Balaban J connectivity index is 2.28. The van der Waals surface area contributed by atoms with E-state index < -0.39 is 0 Å². The highest BCUT2D eigenvalue weighted by atomic mass is 16.5. The minimum atomic E-state index is -0.232. The number of phenolic OH excluding ortho intramolecular Hbond substituents is 1. The molecule has 1 N–H and O–H groups in total. The number of nitrogens with zero attached hydrogens (tertiary/aromatic N) is 3. The van der Waals surface area contributed by atoms with E-state index in [0.717, 1.165) is 0 Å². The van der Waals surface area contributed by atoms with Crippen molar-refractivity contribution >= 4 is 6.03 Å². The summed E-state index contributed by atoms with van der Waals surface area (Å²) in [5.74, 6) is 0.949. The zero-order chi connectivity index (χ0) is 15.4. The fourth-order valence-corrected chi connectivity index (χ4v) is 2.00. The SMILES string of the molecule is COc1cc(O)cc(OC)c1CN(C)C(=O)n1ccnc1. The molecule has 2 rings (SSSR count). The summed E-state index contributed by atoms with van der Waals surface area (Å²) in [6.07, 6.45) is 4.54. The quantitative estimate of drug-likeness (QED) is 0.928. The molecule has 0 aliphatic rings. The van der Waals surface area contributed by atoms with Crippen molar-refractivity contribution in [2.75, 3.05) is 21.3 Å². The van der Waals surface area contributed by atoms with Crippen molar-refractivity contribution in [1.82, 2.24) is 14.5 Å². The van der Waals surface area contributed by atoms with E-state index in [9.17, 15) is 9.90 Å². The first-order chi connectivity index (χ1) is 10.1. The first kappa shape index (κ1) is 14.7. The van der Waals surface area contributed by atoms with Crippen LogP contribution in [0.4, 0.5) is 4.79 Å². The second-order valence-electron chi connectivity index (χ2n) is 4.44. The van der Waals surface area contributed by atoms with Crippen LogP contribution in [-0.2, 0) is 6.54 Å². The van der Waals surface area contributed by atoms with Gasteiger partial charge in [0.1, 0.15) is 23.6 Å². The normalized spacial score (nSPS) is 10.2. The zero-order valence-electron chi connectivity index (χ0n) is 12.1. The average molecular weight is 291 g/mol. The van der Waals surface area contributed by atoms with Crippen LogP contribution in [0.25, 0.3) is 0 Å². The Morgan fingerprint density at radius 1 is 1.33 bits per heavy atom. The number of methoxy groups -OCH3 is 2. The van der Waals surface area contributed by atoms with E-state index in [1.165, 1.54) is 48.3 Å². The highest BCUT2D eigenvalue weighted by molar-refractivity contribution is 5.76. The number of phenols is 1. The predicted octanol–water partition coefficient (Wildman–Crippen LogP) is 1.71. The highest BCUT2D eigenvalue weighted by Gasteiger charge is 2.18. The molecule has 0 fully saturated rings. The van der Waals surface area contributed by atoms with Crippen molar-refractivity contribution in [1.29, 1.82) is 0 Å². The Morgan fingerprint density at radius 3 is 2.43 bits per heavy atom. The van der Waals surface area contributed by atoms with Crippen LogP contribution in [0.3, 0.4) is 0 Å². The summed E-state index contributed by atoms with van der Waals surface area (Å²) in [4.78, 5) is 17.5. The van der Waals surface area contributed by atoms with Gasteiger partial charge in [-0.2, -0.15) is 0 Å². The van der Waals surface area contributed by atoms with Crippen LogP contribution >= 0.6 is 0 Å². The molecule has 0 atom stereocenters. The van der Waals surface area contributed by atoms with Gasteiger partial charge in [-0.25, -0.2) is 9.78 Å². The lowest BCUT2D eigenvalue weighted by atomic mass is 10.1. The monoisotopic (exact) mass is 291 g/mol. The summed E-state index contributed by atoms with van der Waals surface area (Å²) in [5.41, 5.74) is 0.675. The average Bonchev–Trinajstić information content (AvgIpc) is 3.01. The number of imidazole rings is 1. The van der Waals surface area contributed by atoms with E-state index in [1.807, 2.05) is 0 Å². The summed E-state index contributed by atoms with van der Waals surface area (Å²) in [7, 11) is 4.65. The molecule has 7 nitrogen and oxygen atoms in total. The van der Waals surface area contributed by atoms with Gasteiger partial charge in [0.25, 0.3) is 0 Å². The number of amides is 1. The van der Waals surface area contributed by atoms with Crippen LogP contribution in [0.1, 0.15) is 5.56 Å². The third-order valence-electron chi connectivity index (χ3n) is 3.04. The molecule has 2 aromatic rings. The van der Waals surface area contributed by atoms with Gasteiger partial charge in [-0.05, 0) is 0 Å². The van der Waals surface area contributed by atoms with Gasteiger partial charge in [0, 0.05) is 31.6 Å². The lowest BCUT2D eigenvalue weighted by Crippen LogP contribution is -2.30. The zero-order valence-corrected chi connectivity index (χ0v) is 12.1. The van der Waals surface area contributed by atoms with Gasteiger partial charge >= 0.3 is 6.03 Å². The molecule has 112 valence electrons.